The Morgan fingerprint density at radius 2 is 2.00 bits per heavy atom. The number of nitrogens with two attached hydrogens (primary N) is 1. The molecule has 0 bridgehead atoms. The summed E-state index contributed by atoms with van der Waals surface area (Å²) in [5.41, 5.74) is 3.44. The van der Waals surface area contributed by atoms with E-state index in [2.05, 4.69) is 39.3 Å². The minimum absolute atomic E-state index is 0.303. The Hall–Kier alpha value is -3.41. The Morgan fingerprint density at radius 3 is 2.75 bits per heavy atom. The molecule has 0 atom stereocenters. The van der Waals surface area contributed by atoms with Gasteiger partial charge in [-0.15, -0.1) is 5.10 Å². The molecule has 0 aromatic carbocycles. The first-order valence-electron chi connectivity index (χ1n) is 11.9. The van der Waals surface area contributed by atoms with Gasteiger partial charge in [0.25, 0.3) is 0 Å². The molecular weight excluding hydrogens is 466 g/mol. The zero-order chi connectivity index (χ0) is 25.5. The van der Waals surface area contributed by atoms with Crippen LogP contribution in [-0.4, -0.2) is 76.6 Å². The number of hydrogen-bond acceptors (Lipinski definition) is 8. The molecule has 1 fully saturated rings. The smallest absolute Gasteiger partial charge is 0.308 e. The van der Waals surface area contributed by atoms with Gasteiger partial charge >= 0.3 is 5.92 Å². The van der Waals surface area contributed by atoms with Gasteiger partial charge in [0.1, 0.15) is 18.6 Å². The third-order valence-corrected chi connectivity index (χ3v) is 5.90. The maximum atomic E-state index is 14.4. The highest BCUT2D eigenvalue weighted by atomic mass is 19.3. The lowest BCUT2D eigenvalue weighted by Gasteiger charge is -2.29. The minimum atomic E-state index is -2.86. The Bertz CT molecular complexity index is 1230. The van der Waals surface area contributed by atoms with Gasteiger partial charge in [0.05, 0.1) is 42.6 Å². The lowest BCUT2D eigenvalue weighted by molar-refractivity contribution is -0.606. The monoisotopic (exact) mass is 497 g/mol. The number of nitrogens with one attached hydrogen (secondary N) is 2. The van der Waals surface area contributed by atoms with Crippen molar-refractivity contribution in [3.05, 3.63) is 54.0 Å². The van der Waals surface area contributed by atoms with Crippen molar-refractivity contribution < 1.29 is 18.8 Å². The first kappa shape index (κ1) is 25.7. The van der Waals surface area contributed by atoms with Gasteiger partial charge in [-0.25, -0.2) is 4.98 Å². The molecule has 1 aliphatic rings. The Labute approximate surface area is 208 Å². The first-order chi connectivity index (χ1) is 17.3. The number of fused-ring (bicyclic) bond motifs is 1. The van der Waals surface area contributed by atoms with Crippen molar-refractivity contribution >= 4 is 34.5 Å². The van der Waals surface area contributed by atoms with Crippen LogP contribution in [-0.2, 0) is 4.74 Å². The van der Waals surface area contributed by atoms with Gasteiger partial charge in [0.2, 0.25) is 0 Å². The van der Waals surface area contributed by atoms with Crippen LogP contribution in [0.25, 0.3) is 16.6 Å². The molecule has 4 heterocycles. The van der Waals surface area contributed by atoms with E-state index in [4.69, 9.17) is 10.1 Å². The zero-order valence-electron chi connectivity index (χ0n) is 20.4. The van der Waals surface area contributed by atoms with E-state index in [9.17, 15) is 8.78 Å². The fraction of sp³-hybridized carbons (Fsp3) is 0.400. The number of rotatable bonds is 10. The fourth-order valence-electron chi connectivity index (χ4n) is 3.86. The quantitative estimate of drug-likeness (QED) is 0.369. The van der Waals surface area contributed by atoms with Crippen LogP contribution in [0, 0.1) is 5.41 Å². The number of hydrogen-bond donors (Lipinski definition) is 3. The van der Waals surface area contributed by atoms with Gasteiger partial charge in [0, 0.05) is 31.1 Å². The highest BCUT2D eigenvalue weighted by Gasteiger charge is 2.34. The van der Waals surface area contributed by atoms with Crippen molar-refractivity contribution in [2.24, 2.45) is 0 Å². The average molecular weight is 498 g/mol. The second kappa shape index (κ2) is 11.5. The van der Waals surface area contributed by atoms with Crippen molar-refractivity contribution in [3.8, 4) is 0 Å². The molecule has 4 rings (SSSR count). The SMILES string of the molecule is CC(C)c1cnnc(Nc2ccc3ncc(/C(C=N)=C/[NH2+]CC(F)(F)CN4CCOCC4)cc3n2)c1. The molecule has 9 nitrogen and oxygen atoms in total. The van der Waals surface area contributed by atoms with Crippen LogP contribution in [0.3, 0.4) is 0 Å². The van der Waals surface area contributed by atoms with Crippen LogP contribution in [0.4, 0.5) is 20.4 Å². The number of aromatic nitrogens is 4. The summed E-state index contributed by atoms with van der Waals surface area (Å²) in [6.45, 7) is 5.44. The summed E-state index contributed by atoms with van der Waals surface area (Å²) in [7, 11) is 0. The van der Waals surface area contributed by atoms with E-state index in [-0.39, 0.29) is 6.54 Å². The van der Waals surface area contributed by atoms with E-state index in [1.807, 2.05) is 12.1 Å². The number of morpholine rings is 1. The Balaban J connectivity index is 1.46. The number of pyridine rings is 2. The molecule has 4 N–H and O–H groups in total. The summed E-state index contributed by atoms with van der Waals surface area (Å²) in [5.74, 6) is -1.38. The van der Waals surface area contributed by atoms with E-state index in [1.54, 1.807) is 29.4 Å². The van der Waals surface area contributed by atoms with Crippen molar-refractivity contribution in [2.75, 3.05) is 44.7 Å². The molecule has 0 saturated carbocycles. The van der Waals surface area contributed by atoms with Gasteiger partial charge < -0.3 is 20.8 Å². The molecule has 0 unspecified atom stereocenters. The predicted molar refractivity (Wildman–Crippen MR) is 135 cm³/mol. The predicted octanol–water partition coefficient (Wildman–Crippen LogP) is 2.81. The highest BCUT2D eigenvalue weighted by Crippen LogP contribution is 2.21. The van der Waals surface area contributed by atoms with Crippen LogP contribution in [0.15, 0.2) is 42.9 Å². The number of quaternary nitrogens is 1. The summed E-state index contributed by atoms with van der Waals surface area (Å²) >= 11 is 0. The average Bonchev–Trinajstić information content (AvgIpc) is 2.86. The van der Waals surface area contributed by atoms with E-state index in [0.717, 1.165) is 11.8 Å². The molecule has 1 aliphatic heterocycles. The second-order valence-corrected chi connectivity index (χ2v) is 9.06. The van der Waals surface area contributed by atoms with Gasteiger partial charge in [0.15, 0.2) is 5.82 Å². The number of anilines is 2. The van der Waals surface area contributed by atoms with E-state index in [1.165, 1.54) is 11.5 Å². The summed E-state index contributed by atoms with van der Waals surface area (Å²) in [4.78, 5) is 10.8. The van der Waals surface area contributed by atoms with E-state index >= 15 is 0 Å². The van der Waals surface area contributed by atoms with Crippen molar-refractivity contribution in [3.63, 3.8) is 0 Å². The molecule has 0 radical (unpaired) electrons. The molecule has 11 heteroatoms. The third-order valence-electron chi connectivity index (χ3n) is 5.90. The van der Waals surface area contributed by atoms with Crippen LogP contribution >= 0.6 is 0 Å². The molecule has 0 amide bonds. The number of alkyl halides is 2. The number of halogens is 2. The van der Waals surface area contributed by atoms with Crippen LogP contribution in [0.1, 0.15) is 30.9 Å². The lowest BCUT2D eigenvalue weighted by atomic mass is 10.1. The lowest BCUT2D eigenvalue weighted by Crippen LogP contribution is -2.82. The topological polar surface area (TPSA) is 117 Å². The Morgan fingerprint density at radius 1 is 1.19 bits per heavy atom. The molecule has 1 saturated heterocycles. The summed E-state index contributed by atoms with van der Waals surface area (Å²) in [5, 5.41) is 20.5. The van der Waals surface area contributed by atoms with E-state index in [0.29, 0.717) is 66.0 Å². The Kier molecular flexibility index (Phi) is 8.24. The van der Waals surface area contributed by atoms with Crippen molar-refractivity contribution in [1.29, 1.82) is 5.41 Å². The van der Waals surface area contributed by atoms with Crippen molar-refractivity contribution in [2.45, 2.75) is 25.7 Å². The maximum Gasteiger partial charge on any atom is 0.308 e. The van der Waals surface area contributed by atoms with Crippen LogP contribution in [0.5, 0.6) is 0 Å². The largest absolute Gasteiger partial charge is 0.379 e. The highest BCUT2D eigenvalue weighted by molar-refractivity contribution is 6.08. The number of allylic oxidation sites excluding steroid dienone is 1. The molecular formula is C25H31F2N8O+. The van der Waals surface area contributed by atoms with Crippen LogP contribution < -0.4 is 10.6 Å². The number of ether oxygens (including phenoxy) is 1. The standard InChI is InChI=1S/C25H30F2N8O/c1-17(2)18-10-24(34-31-14-18)33-23-4-3-21-22(32-23)9-19(13-30-21)20(11-28)12-29-15-25(26,27)16-35-5-7-36-8-6-35/h3-4,9-14,17,28-29H,5-8,15-16H2,1-2H3,(H,32,33,34)/p+1/b20-12+,28-11?. The van der Waals surface area contributed by atoms with Gasteiger partial charge in [-0.3, -0.25) is 9.88 Å². The molecule has 3 aromatic rings. The molecule has 190 valence electrons. The normalized spacial score (nSPS) is 15.4. The summed E-state index contributed by atoms with van der Waals surface area (Å²) in [6, 6.07) is 7.36. The first-order valence-corrected chi connectivity index (χ1v) is 11.9. The van der Waals surface area contributed by atoms with E-state index < -0.39 is 12.5 Å². The van der Waals surface area contributed by atoms with Gasteiger partial charge in [-0.05, 0) is 35.7 Å². The number of nitrogens with zero attached hydrogens (tertiary/aromatic N) is 5. The molecule has 36 heavy (non-hydrogen) atoms. The zero-order valence-corrected chi connectivity index (χ0v) is 20.4. The third kappa shape index (κ3) is 6.84. The van der Waals surface area contributed by atoms with Crippen LogP contribution in [0.2, 0.25) is 0 Å². The van der Waals surface area contributed by atoms with Gasteiger partial charge in [-0.2, -0.15) is 13.9 Å². The summed E-state index contributed by atoms with van der Waals surface area (Å²) < 4.78 is 34.1. The fourth-order valence-corrected chi connectivity index (χ4v) is 3.86. The maximum absolute atomic E-state index is 14.4. The van der Waals surface area contributed by atoms with Crippen molar-refractivity contribution in [1.82, 2.24) is 25.1 Å². The van der Waals surface area contributed by atoms with Gasteiger partial charge in [-0.1, -0.05) is 13.8 Å². The molecule has 0 aliphatic carbocycles. The summed E-state index contributed by atoms with van der Waals surface area (Å²) in [6.07, 6.45) is 6.03. The molecule has 0 spiro atoms. The molecule has 3 aromatic heterocycles. The minimum Gasteiger partial charge on any atom is -0.379 e. The second-order valence-electron chi connectivity index (χ2n) is 9.06.